The average molecular weight is 309 g/mol. The molecule has 0 unspecified atom stereocenters. The van der Waals surface area contributed by atoms with Gasteiger partial charge in [0, 0.05) is 6.07 Å². The van der Waals surface area contributed by atoms with Gasteiger partial charge in [-0.2, -0.15) is 5.10 Å². The second kappa shape index (κ2) is 5.52. The minimum atomic E-state index is -3.84. The number of anilines is 2. The lowest BCUT2D eigenvalue weighted by Gasteiger charge is -2.09. The number of nitrogens with zero attached hydrogens (tertiary/aromatic N) is 3. The lowest BCUT2D eigenvalue weighted by Crippen LogP contribution is -2.16. The highest BCUT2D eigenvalue weighted by Gasteiger charge is 2.18. The molecule has 0 spiro atoms. The van der Waals surface area contributed by atoms with Gasteiger partial charge >= 0.3 is 0 Å². The maximum absolute atomic E-state index is 12.3. The molecule has 0 radical (unpaired) electrons. The monoisotopic (exact) mass is 309 g/mol. The number of hydrogen-bond acceptors (Lipinski definition) is 7. The lowest BCUT2D eigenvalue weighted by molar-refractivity contribution is 0.415. The Balaban J connectivity index is 2.35. The predicted octanol–water partition coefficient (Wildman–Crippen LogP) is 0.880. The van der Waals surface area contributed by atoms with Crippen LogP contribution < -0.4 is 15.2 Å². The predicted molar refractivity (Wildman–Crippen MR) is 77.5 cm³/mol. The number of rotatable bonds is 4. The first kappa shape index (κ1) is 15.0. The summed E-state index contributed by atoms with van der Waals surface area (Å²) in [6, 6.07) is 4.15. The first-order chi connectivity index (χ1) is 9.83. The van der Waals surface area contributed by atoms with Crippen molar-refractivity contribution in [2.75, 3.05) is 17.6 Å². The van der Waals surface area contributed by atoms with Crippen molar-refractivity contribution in [3.63, 3.8) is 0 Å². The van der Waals surface area contributed by atoms with Crippen LogP contribution in [0.5, 0.6) is 5.75 Å². The van der Waals surface area contributed by atoms with Crippen molar-refractivity contribution in [3.05, 3.63) is 29.6 Å². The van der Waals surface area contributed by atoms with Crippen LogP contribution in [0.2, 0.25) is 0 Å². The summed E-state index contributed by atoms with van der Waals surface area (Å²) >= 11 is 0. The minimum absolute atomic E-state index is 0.00428. The smallest absolute Gasteiger partial charge is 0.264 e. The van der Waals surface area contributed by atoms with Crippen LogP contribution in [0.25, 0.3) is 0 Å². The second-order valence-corrected chi connectivity index (χ2v) is 6.00. The Morgan fingerprint density at radius 1 is 1.19 bits per heavy atom. The summed E-state index contributed by atoms with van der Waals surface area (Å²) in [5, 5.41) is 7.52. The van der Waals surface area contributed by atoms with Crippen molar-refractivity contribution >= 4 is 21.7 Å². The Kier molecular flexibility index (Phi) is 3.94. The molecule has 21 heavy (non-hydrogen) atoms. The van der Waals surface area contributed by atoms with Gasteiger partial charge < -0.3 is 10.5 Å². The number of aryl methyl sites for hydroxylation is 2. The molecular formula is C12H15N5O3S. The molecular weight excluding hydrogens is 294 g/mol. The summed E-state index contributed by atoms with van der Waals surface area (Å²) in [4.78, 5) is 4.02. The first-order valence-corrected chi connectivity index (χ1v) is 7.46. The zero-order valence-corrected chi connectivity index (χ0v) is 12.6. The number of hydrogen-bond donors (Lipinski definition) is 2. The van der Waals surface area contributed by atoms with Crippen molar-refractivity contribution in [1.29, 1.82) is 0 Å². The van der Waals surface area contributed by atoms with Crippen LogP contribution in [-0.2, 0) is 10.0 Å². The van der Waals surface area contributed by atoms with E-state index in [0.29, 0.717) is 17.1 Å². The first-order valence-electron chi connectivity index (χ1n) is 5.98. The van der Waals surface area contributed by atoms with Gasteiger partial charge in [0.2, 0.25) is 0 Å². The number of sulfonamides is 1. The van der Waals surface area contributed by atoms with Gasteiger partial charge in [-0.15, -0.1) is 5.10 Å². The van der Waals surface area contributed by atoms with E-state index in [1.54, 1.807) is 13.8 Å². The summed E-state index contributed by atoms with van der Waals surface area (Å²) in [6.45, 7) is 3.45. The topological polar surface area (TPSA) is 120 Å². The minimum Gasteiger partial charge on any atom is -0.495 e. The molecule has 3 N–H and O–H groups in total. The van der Waals surface area contributed by atoms with E-state index in [9.17, 15) is 8.42 Å². The lowest BCUT2D eigenvalue weighted by atomic mass is 10.3. The number of methoxy groups -OCH3 is 1. The fourth-order valence-corrected chi connectivity index (χ4v) is 2.49. The van der Waals surface area contributed by atoms with Crippen LogP contribution in [0.3, 0.4) is 0 Å². The Morgan fingerprint density at radius 3 is 2.52 bits per heavy atom. The van der Waals surface area contributed by atoms with E-state index in [1.807, 2.05) is 0 Å². The van der Waals surface area contributed by atoms with E-state index >= 15 is 0 Å². The normalized spacial score (nSPS) is 11.2. The third-order valence-electron chi connectivity index (χ3n) is 2.83. The molecule has 0 bridgehead atoms. The molecule has 8 nitrogen and oxygen atoms in total. The maximum atomic E-state index is 12.3. The Morgan fingerprint density at radius 2 is 1.90 bits per heavy atom. The maximum Gasteiger partial charge on any atom is 0.264 e. The van der Waals surface area contributed by atoms with Gasteiger partial charge in [0.1, 0.15) is 5.75 Å². The van der Waals surface area contributed by atoms with Crippen LogP contribution in [0.15, 0.2) is 23.1 Å². The third-order valence-corrected chi connectivity index (χ3v) is 4.16. The van der Waals surface area contributed by atoms with Gasteiger partial charge in [0.15, 0.2) is 0 Å². The van der Waals surface area contributed by atoms with E-state index in [0.717, 1.165) is 0 Å². The molecule has 2 rings (SSSR count). The van der Waals surface area contributed by atoms with E-state index in [4.69, 9.17) is 10.5 Å². The van der Waals surface area contributed by atoms with E-state index in [2.05, 4.69) is 19.9 Å². The molecule has 0 amide bonds. The van der Waals surface area contributed by atoms with Crippen molar-refractivity contribution < 1.29 is 13.2 Å². The van der Waals surface area contributed by atoms with Crippen molar-refractivity contribution in [2.45, 2.75) is 18.7 Å². The molecule has 9 heteroatoms. The van der Waals surface area contributed by atoms with Crippen molar-refractivity contribution in [1.82, 2.24) is 15.2 Å². The molecule has 0 fully saturated rings. The zero-order chi connectivity index (χ0) is 15.6. The van der Waals surface area contributed by atoms with Gasteiger partial charge in [-0.25, -0.2) is 18.1 Å². The number of benzene rings is 1. The molecule has 1 aromatic carbocycles. The molecule has 2 aromatic rings. The Labute approximate surface area is 122 Å². The fourth-order valence-electron chi connectivity index (χ4n) is 1.54. The highest BCUT2D eigenvalue weighted by molar-refractivity contribution is 7.92. The number of aromatic nitrogens is 3. The summed E-state index contributed by atoms with van der Waals surface area (Å²) in [6.07, 6.45) is 0. The van der Waals surface area contributed by atoms with Crippen LogP contribution >= 0.6 is 0 Å². The van der Waals surface area contributed by atoms with Gasteiger partial charge in [-0.3, -0.25) is 0 Å². The standard InChI is InChI=1S/C12H15N5O3S/c1-7-8(2)15-16-12(14-7)17-21(18,19)9-4-5-10(13)11(6-9)20-3/h4-6H,13H2,1-3H3,(H,14,16,17). The van der Waals surface area contributed by atoms with Crippen LogP contribution in [0.1, 0.15) is 11.4 Å². The number of nitrogen functional groups attached to an aromatic ring is 1. The van der Waals surface area contributed by atoms with Gasteiger partial charge in [0.05, 0.1) is 29.1 Å². The van der Waals surface area contributed by atoms with E-state index < -0.39 is 10.0 Å². The molecule has 0 saturated heterocycles. The molecule has 112 valence electrons. The average Bonchev–Trinajstić information content (AvgIpc) is 2.43. The summed E-state index contributed by atoms with van der Waals surface area (Å²) < 4.78 is 31.8. The molecule has 0 saturated carbocycles. The molecule has 0 aliphatic heterocycles. The van der Waals surface area contributed by atoms with Crippen molar-refractivity contribution in [3.8, 4) is 5.75 Å². The van der Waals surface area contributed by atoms with Crippen LogP contribution in [-0.4, -0.2) is 30.7 Å². The van der Waals surface area contributed by atoms with Gasteiger partial charge in [0.25, 0.3) is 16.0 Å². The zero-order valence-electron chi connectivity index (χ0n) is 11.8. The molecule has 1 aromatic heterocycles. The summed E-state index contributed by atoms with van der Waals surface area (Å²) in [5.74, 6) is 0.186. The van der Waals surface area contributed by atoms with Crippen LogP contribution in [0, 0.1) is 13.8 Å². The number of nitrogens with one attached hydrogen (secondary N) is 1. The summed E-state index contributed by atoms with van der Waals surface area (Å²) in [5.41, 5.74) is 7.23. The van der Waals surface area contributed by atoms with Crippen molar-refractivity contribution in [2.24, 2.45) is 0 Å². The Hall–Kier alpha value is -2.42. The summed E-state index contributed by atoms with van der Waals surface area (Å²) in [7, 11) is -2.43. The van der Waals surface area contributed by atoms with E-state index in [-0.39, 0.29) is 16.6 Å². The largest absolute Gasteiger partial charge is 0.495 e. The van der Waals surface area contributed by atoms with Gasteiger partial charge in [-0.05, 0) is 26.0 Å². The molecule has 0 aliphatic carbocycles. The number of nitrogens with two attached hydrogens (primary N) is 1. The molecule has 0 aliphatic rings. The highest BCUT2D eigenvalue weighted by atomic mass is 32.2. The Bertz CT molecular complexity index is 776. The quantitative estimate of drug-likeness (QED) is 0.804. The third kappa shape index (κ3) is 3.19. The molecule has 1 heterocycles. The highest BCUT2D eigenvalue weighted by Crippen LogP contribution is 2.25. The van der Waals surface area contributed by atoms with Crippen LogP contribution in [0.4, 0.5) is 11.6 Å². The fraction of sp³-hybridized carbons (Fsp3) is 0.250. The second-order valence-electron chi connectivity index (χ2n) is 4.32. The molecule has 0 atom stereocenters. The van der Waals surface area contributed by atoms with E-state index in [1.165, 1.54) is 25.3 Å². The van der Waals surface area contributed by atoms with Gasteiger partial charge in [-0.1, -0.05) is 0 Å². The SMILES string of the molecule is COc1cc(S(=O)(=O)Nc2nnc(C)c(C)n2)ccc1N. The number of ether oxygens (including phenoxy) is 1.